The summed E-state index contributed by atoms with van der Waals surface area (Å²) >= 11 is 0. The van der Waals surface area contributed by atoms with Gasteiger partial charge in [0.25, 0.3) is 0 Å². The SMILES string of the molecule is COC(=O)c1ccc(OCc2ccccc2)c2c1CN(c1ccc(-c3ccn(C45C[C@H]6C[C@@H](C4)C[C@@H](C5)C6)c3C)c(C(=O)OC(C)(C)C)n1)CC2. The standard InChI is InChI=1S/C43H49N3O5/c1-27-32(16-18-46(27)43-22-29-19-30(23-43)21-31(20-29)24-43)34-12-14-38(44-39(34)41(48)51-42(2,3)4)45-17-15-33-36(25-45)35(40(47)49-5)11-13-37(33)50-26-28-9-7-6-8-10-28/h6-14,16,18,29-31H,15,17,19-26H2,1-5H3/t29-,30+,31-,43?. The van der Waals surface area contributed by atoms with Crippen LogP contribution < -0.4 is 9.64 Å². The van der Waals surface area contributed by atoms with E-state index in [2.05, 4.69) is 28.7 Å². The first-order valence-corrected chi connectivity index (χ1v) is 18.6. The first-order valence-electron chi connectivity index (χ1n) is 18.6. The summed E-state index contributed by atoms with van der Waals surface area (Å²) in [5.74, 6) is 3.10. The van der Waals surface area contributed by atoms with Crippen molar-refractivity contribution in [3.05, 3.63) is 101 Å². The molecular weight excluding hydrogens is 638 g/mol. The van der Waals surface area contributed by atoms with E-state index in [-0.39, 0.29) is 11.5 Å². The average Bonchev–Trinajstić information content (AvgIpc) is 3.50. The number of carbonyl (C=O) groups excluding carboxylic acids is 2. The van der Waals surface area contributed by atoms with Crippen LogP contribution in [-0.4, -0.2) is 40.7 Å². The van der Waals surface area contributed by atoms with Crippen LogP contribution in [0, 0.1) is 24.7 Å². The van der Waals surface area contributed by atoms with E-state index in [1.165, 1.54) is 51.3 Å². The highest BCUT2D eigenvalue weighted by Gasteiger charge is 2.52. The fraction of sp³-hybridized carbons (Fsp3) is 0.465. The third-order valence-electron chi connectivity index (χ3n) is 11.8. The molecule has 4 aliphatic carbocycles. The number of hydrogen-bond donors (Lipinski definition) is 0. The van der Waals surface area contributed by atoms with Gasteiger partial charge in [-0.3, -0.25) is 0 Å². The van der Waals surface area contributed by atoms with E-state index in [0.717, 1.165) is 51.3 Å². The lowest BCUT2D eigenvalue weighted by Crippen LogP contribution is -2.51. The van der Waals surface area contributed by atoms with Crippen LogP contribution >= 0.6 is 0 Å². The maximum atomic E-state index is 14.0. The number of aromatic nitrogens is 2. The predicted octanol–water partition coefficient (Wildman–Crippen LogP) is 8.67. The molecule has 4 aromatic rings. The summed E-state index contributed by atoms with van der Waals surface area (Å²) in [6.45, 7) is 9.35. The van der Waals surface area contributed by atoms with E-state index < -0.39 is 11.6 Å². The molecule has 9 rings (SSSR count). The first-order chi connectivity index (χ1) is 24.5. The maximum absolute atomic E-state index is 14.0. The minimum atomic E-state index is -0.679. The van der Waals surface area contributed by atoms with Crippen molar-refractivity contribution in [2.45, 2.75) is 96.9 Å². The zero-order chi connectivity index (χ0) is 35.5. The van der Waals surface area contributed by atoms with Crippen LogP contribution in [0.3, 0.4) is 0 Å². The van der Waals surface area contributed by atoms with Crippen LogP contribution in [0.2, 0.25) is 0 Å². The van der Waals surface area contributed by atoms with Crippen molar-refractivity contribution < 1.29 is 23.8 Å². The third-order valence-corrected chi connectivity index (χ3v) is 11.8. The monoisotopic (exact) mass is 687 g/mol. The number of ether oxygens (including phenoxy) is 3. The van der Waals surface area contributed by atoms with Crippen molar-refractivity contribution in [1.82, 2.24) is 9.55 Å². The molecule has 0 N–H and O–H groups in total. The molecule has 0 saturated heterocycles. The molecule has 2 aromatic carbocycles. The van der Waals surface area contributed by atoms with Crippen molar-refractivity contribution in [2.24, 2.45) is 17.8 Å². The number of hydrogen-bond acceptors (Lipinski definition) is 7. The Morgan fingerprint density at radius 2 is 1.57 bits per heavy atom. The second-order valence-corrected chi connectivity index (χ2v) is 16.4. The molecule has 4 fully saturated rings. The summed E-state index contributed by atoms with van der Waals surface area (Å²) in [6, 6.07) is 19.9. The molecule has 0 spiro atoms. The normalized spacial score (nSPS) is 23.5. The van der Waals surface area contributed by atoms with Crippen LogP contribution in [0.4, 0.5) is 5.82 Å². The van der Waals surface area contributed by atoms with Gasteiger partial charge in [0, 0.05) is 47.2 Å². The summed E-state index contributed by atoms with van der Waals surface area (Å²) in [6.07, 6.45) is 10.9. The number of rotatable bonds is 8. The Morgan fingerprint density at radius 1 is 0.863 bits per heavy atom. The average molecular weight is 688 g/mol. The number of esters is 2. The van der Waals surface area contributed by atoms with Gasteiger partial charge < -0.3 is 23.7 Å². The highest BCUT2D eigenvalue weighted by molar-refractivity contribution is 5.96. The molecule has 0 radical (unpaired) electrons. The van der Waals surface area contributed by atoms with Crippen LogP contribution in [0.15, 0.2) is 66.9 Å². The molecule has 8 heteroatoms. The number of fused-ring (bicyclic) bond motifs is 1. The lowest BCUT2D eigenvalue weighted by molar-refractivity contribution is -0.0437. The maximum Gasteiger partial charge on any atom is 0.358 e. The van der Waals surface area contributed by atoms with Gasteiger partial charge in [-0.15, -0.1) is 0 Å². The van der Waals surface area contributed by atoms with Crippen LogP contribution in [0.1, 0.15) is 103 Å². The molecule has 51 heavy (non-hydrogen) atoms. The van der Waals surface area contributed by atoms with Gasteiger partial charge in [-0.05, 0) is 132 Å². The highest BCUT2D eigenvalue weighted by Crippen LogP contribution is 2.59. The molecule has 266 valence electrons. The second-order valence-electron chi connectivity index (χ2n) is 16.4. The van der Waals surface area contributed by atoms with E-state index in [1.54, 1.807) is 6.07 Å². The Balaban J connectivity index is 1.13. The summed E-state index contributed by atoms with van der Waals surface area (Å²) in [5.41, 5.74) is 6.25. The third kappa shape index (κ3) is 6.31. The summed E-state index contributed by atoms with van der Waals surface area (Å²) in [7, 11) is 1.40. The van der Waals surface area contributed by atoms with Gasteiger partial charge in [0.15, 0.2) is 5.69 Å². The summed E-state index contributed by atoms with van der Waals surface area (Å²) < 4.78 is 20.0. The lowest BCUT2D eigenvalue weighted by Gasteiger charge is -2.57. The lowest BCUT2D eigenvalue weighted by atomic mass is 9.53. The summed E-state index contributed by atoms with van der Waals surface area (Å²) in [5, 5.41) is 0. The number of methoxy groups -OCH3 is 1. The molecule has 1 aliphatic heterocycles. The van der Waals surface area contributed by atoms with Crippen LogP contribution in [-0.2, 0) is 34.6 Å². The minimum absolute atomic E-state index is 0.179. The smallest absolute Gasteiger partial charge is 0.358 e. The van der Waals surface area contributed by atoms with Crippen molar-refractivity contribution >= 4 is 17.8 Å². The number of nitrogens with zero attached hydrogens (tertiary/aromatic N) is 3. The number of pyridine rings is 1. The fourth-order valence-corrected chi connectivity index (χ4v) is 10.0. The fourth-order valence-electron chi connectivity index (χ4n) is 10.0. The van der Waals surface area contributed by atoms with Gasteiger partial charge >= 0.3 is 11.9 Å². The van der Waals surface area contributed by atoms with E-state index in [4.69, 9.17) is 19.2 Å². The number of anilines is 1. The number of benzene rings is 2. The van der Waals surface area contributed by atoms with Gasteiger partial charge in [0.1, 0.15) is 23.8 Å². The molecule has 3 heterocycles. The van der Waals surface area contributed by atoms with Crippen LogP contribution in [0.5, 0.6) is 5.75 Å². The Labute approximate surface area is 301 Å². The zero-order valence-electron chi connectivity index (χ0n) is 30.5. The quantitative estimate of drug-likeness (QED) is 0.172. The van der Waals surface area contributed by atoms with E-state index in [0.29, 0.717) is 43.2 Å². The van der Waals surface area contributed by atoms with Crippen molar-refractivity contribution in [1.29, 1.82) is 0 Å². The van der Waals surface area contributed by atoms with E-state index >= 15 is 0 Å². The largest absolute Gasteiger partial charge is 0.489 e. The van der Waals surface area contributed by atoms with Gasteiger partial charge in [-0.2, -0.15) is 0 Å². The van der Waals surface area contributed by atoms with Gasteiger partial charge in [-0.25, -0.2) is 14.6 Å². The molecular formula is C43H49N3O5. The predicted molar refractivity (Wildman–Crippen MR) is 197 cm³/mol. The Morgan fingerprint density at radius 3 is 2.24 bits per heavy atom. The van der Waals surface area contributed by atoms with Gasteiger partial charge in [0.2, 0.25) is 0 Å². The molecule has 4 saturated carbocycles. The molecule has 0 amide bonds. The zero-order valence-corrected chi connectivity index (χ0v) is 30.5. The second kappa shape index (κ2) is 12.9. The van der Waals surface area contributed by atoms with E-state index in [1.807, 2.05) is 69.3 Å². The minimum Gasteiger partial charge on any atom is -0.489 e. The molecule has 0 unspecified atom stereocenters. The molecule has 8 nitrogen and oxygen atoms in total. The summed E-state index contributed by atoms with van der Waals surface area (Å²) in [4.78, 5) is 34.1. The molecule has 2 aromatic heterocycles. The Bertz CT molecular complexity index is 1940. The Hall–Kier alpha value is -4.59. The Kier molecular flexibility index (Phi) is 8.47. The van der Waals surface area contributed by atoms with E-state index in [9.17, 15) is 9.59 Å². The topological polar surface area (TPSA) is 82.9 Å². The van der Waals surface area contributed by atoms with Gasteiger partial charge in [-0.1, -0.05) is 30.3 Å². The van der Waals surface area contributed by atoms with Crippen molar-refractivity contribution in [3.63, 3.8) is 0 Å². The first kappa shape index (κ1) is 33.5. The molecule has 5 aliphatic rings. The molecule has 0 atom stereocenters. The molecule has 4 bridgehead atoms. The van der Waals surface area contributed by atoms with Gasteiger partial charge in [0.05, 0.1) is 12.7 Å². The highest BCUT2D eigenvalue weighted by atomic mass is 16.6. The van der Waals surface area contributed by atoms with Crippen molar-refractivity contribution in [3.8, 4) is 16.9 Å². The van der Waals surface area contributed by atoms with Crippen LogP contribution in [0.25, 0.3) is 11.1 Å². The van der Waals surface area contributed by atoms with Crippen molar-refractivity contribution in [2.75, 3.05) is 18.6 Å². The number of carbonyl (C=O) groups is 2.